The lowest BCUT2D eigenvalue weighted by molar-refractivity contribution is 0.0331. The molecule has 0 saturated carbocycles. The van der Waals surface area contributed by atoms with E-state index in [-0.39, 0.29) is 42.4 Å². The van der Waals surface area contributed by atoms with Crippen molar-refractivity contribution in [2.24, 2.45) is 10.7 Å². The molecule has 6 nitrogen and oxygen atoms in total. The number of amides is 1. The summed E-state index contributed by atoms with van der Waals surface area (Å²) in [4.78, 5) is 20.2. The van der Waals surface area contributed by atoms with Crippen LogP contribution in [0.25, 0.3) is 0 Å². The Balaban J connectivity index is 1.97. The van der Waals surface area contributed by atoms with Crippen molar-refractivity contribution in [3.05, 3.63) is 58.1 Å². The highest BCUT2D eigenvalue weighted by Gasteiger charge is 2.45. The number of carbonyl (C=O) groups is 1. The number of aliphatic imine (C=N–C) groups is 1. The highest BCUT2D eigenvalue weighted by Crippen LogP contribution is 2.40. The molecule has 1 aromatic carbocycles. The van der Waals surface area contributed by atoms with Crippen molar-refractivity contribution in [1.29, 1.82) is 0 Å². The normalized spacial score (nSPS) is 19.8. The number of aromatic nitrogens is 1. The Labute approximate surface area is 167 Å². The number of amidine groups is 1. The molecule has 0 radical (unpaired) electrons. The number of ether oxygens (including phenoxy) is 1. The van der Waals surface area contributed by atoms with Crippen LogP contribution in [-0.4, -0.2) is 36.4 Å². The minimum absolute atomic E-state index is 0.0621. The third-order valence-electron chi connectivity index (χ3n) is 4.23. The summed E-state index contributed by atoms with van der Waals surface area (Å²) in [5.74, 6) is -1.59. The predicted octanol–water partition coefficient (Wildman–Crippen LogP) is 3.47. The van der Waals surface area contributed by atoms with Crippen LogP contribution < -0.4 is 11.1 Å². The summed E-state index contributed by atoms with van der Waals surface area (Å²) in [6, 6.07) is 6.53. The van der Waals surface area contributed by atoms with Crippen molar-refractivity contribution in [2.45, 2.75) is 18.4 Å². The molecule has 28 heavy (non-hydrogen) atoms. The molecule has 2 aromatic rings. The molecule has 1 amide bonds. The van der Waals surface area contributed by atoms with E-state index in [0.29, 0.717) is 4.47 Å². The Morgan fingerprint density at radius 3 is 2.79 bits per heavy atom. The summed E-state index contributed by atoms with van der Waals surface area (Å²) in [7, 11) is 0. The number of alkyl halides is 2. The van der Waals surface area contributed by atoms with Gasteiger partial charge in [0, 0.05) is 28.3 Å². The quantitative estimate of drug-likeness (QED) is 0.736. The Hall–Kier alpha value is -2.46. The largest absolute Gasteiger partial charge is 0.385 e. The molecule has 0 unspecified atom stereocenters. The molecule has 10 heteroatoms. The monoisotopic (exact) mass is 456 g/mol. The van der Waals surface area contributed by atoms with E-state index in [1.54, 1.807) is 6.07 Å². The average Bonchev–Trinajstić information content (AvgIpc) is 2.86. The second-order valence-electron chi connectivity index (χ2n) is 6.14. The van der Waals surface area contributed by atoms with E-state index in [1.165, 1.54) is 18.3 Å². The SMILES string of the molecule is NC1=N[C@@](c2cc(NC(=O)c3ccc(Br)cn3)ccc2F)(C(F)F)CCOC1. The predicted molar refractivity (Wildman–Crippen MR) is 101 cm³/mol. The highest BCUT2D eigenvalue weighted by molar-refractivity contribution is 9.10. The number of anilines is 1. The fourth-order valence-electron chi connectivity index (χ4n) is 2.86. The van der Waals surface area contributed by atoms with Gasteiger partial charge in [-0.15, -0.1) is 0 Å². The van der Waals surface area contributed by atoms with E-state index < -0.39 is 23.7 Å². The van der Waals surface area contributed by atoms with Gasteiger partial charge in [-0.1, -0.05) is 0 Å². The molecular formula is C18H16BrF3N4O2. The van der Waals surface area contributed by atoms with E-state index in [1.807, 2.05) is 0 Å². The average molecular weight is 457 g/mol. The van der Waals surface area contributed by atoms with Crippen molar-refractivity contribution >= 4 is 33.4 Å². The molecule has 3 N–H and O–H groups in total. The summed E-state index contributed by atoms with van der Waals surface area (Å²) in [5, 5.41) is 2.53. The molecule has 1 atom stereocenters. The van der Waals surface area contributed by atoms with Gasteiger partial charge in [-0.05, 0) is 46.3 Å². The minimum Gasteiger partial charge on any atom is -0.385 e. The molecule has 1 aliphatic rings. The first-order valence-corrected chi connectivity index (χ1v) is 9.04. The van der Waals surface area contributed by atoms with E-state index in [9.17, 15) is 18.0 Å². The zero-order valence-electron chi connectivity index (χ0n) is 14.5. The minimum atomic E-state index is -3.03. The molecular weight excluding hydrogens is 441 g/mol. The Kier molecular flexibility index (Phi) is 5.99. The number of nitrogens with one attached hydrogen (secondary N) is 1. The van der Waals surface area contributed by atoms with Gasteiger partial charge in [0.15, 0.2) is 5.54 Å². The van der Waals surface area contributed by atoms with Crippen LogP contribution in [0, 0.1) is 5.82 Å². The van der Waals surface area contributed by atoms with Crippen LogP contribution in [0.5, 0.6) is 0 Å². The Morgan fingerprint density at radius 2 is 2.11 bits per heavy atom. The van der Waals surface area contributed by atoms with Crippen molar-refractivity contribution in [2.75, 3.05) is 18.5 Å². The van der Waals surface area contributed by atoms with E-state index >= 15 is 0 Å². The van der Waals surface area contributed by atoms with E-state index in [0.717, 1.165) is 12.1 Å². The number of nitrogens with zero attached hydrogens (tertiary/aromatic N) is 2. The van der Waals surface area contributed by atoms with Gasteiger partial charge in [0.2, 0.25) is 0 Å². The highest BCUT2D eigenvalue weighted by atomic mass is 79.9. The number of rotatable bonds is 4. The molecule has 0 bridgehead atoms. The van der Waals surface area contributed by atoms with Crippen LogP contribution >= 0.6 is 15.9 Å². The molecule has 0 fully saturated rings. The summed E-state index contributed by atoms with van der Waals surface area (Å²) in [6.45, 7) is -0.171. The summed E-state index contributed by atoms with van der Waals surface area (Å²) < 4.78 is 48.4. The van der Waals surface area contributed by atoms with Crippen molar-refractivity contribution in [1.82, 2.24) is 4.98 Å². The first-order valence-electron chi connectivity index (χ1n) is 8.25. The van der Waals surface area contributed by atoms with Crippen molar-refractivity contribution in [3.8, 4) is 0 Å². The molecule has 0 spiro atoms. The smallest absolute Gasteiger partial charge is 0.274 e. The Morgan fingerprint density at radius 1 is 1.32 bits per heavy atom. The van der Waals surface area contributed by atoms with Gasteiger partial charge in [-0.25, -0.2) is 18.2 Å². The van der Waals surface area contributed by atoms with Gasteiger partial charge < -0.3 is 15.8 Å². The standard InChI is InChI=1S/C18H16BrF3N4O2/c19-10-1-4-14(24-8-10)16(27)25-11-2-3-13(20)12(7-11)18(17(21)22)5-6-28-9-15(23)26-18/h1-4,7-8,17H,5-6,9H2,(H2,23,26)(H,25,27)/t18-/m0/s1. The maximum atomic E-state index is 14.5. The van der Waals surface area contributed by atoms with Crippen LogP contribution in [0.1, 0.15) is 22.5 Å². The fourth-order valence-corrected chi connectivity index (χ4v) is 3.09. The summed E-state index contributed by atoms with van der Waals surface area (Å²) in [5.41, 5.74) is 3.32. The number of benzene rings is 1. The van der Waals surface area contributed by atoms with Crippen molar-refractivity contribution < 1.29 is 22.7 Å². The third-order valence-corrected chi connectivity index (χ3v) is 4.70. The number of halogens is 4. The van der Waals surface area contributed by atoms with Crippen molar-refractivity contribution in [3.63, 3.8) is 0 Å². The number of hydrogen-bond acceptors (Lipinski definition) is 5. The number of pyridine rings is 1. The maximum absolute atomic E-state index is 14.5. The van der Waals surface area contributed by atoms with Crippen LogP contribution in [0.3, 0.4) is 0 Å². The second kappa shape index (κ2) is 8.27. The van der Waals surface area contributed by atoms with Crippen LogP contribution in [0.4, 0.5) is 18.9 Å². The molecule has 2 heterocycles. The molecule has 148 valence electrons. The Bertz CT molecular complexity index is 908. The van der Waals surface area contributed by atoms with E-state index in [2.05, 4.69) is 31.2 Å². The summed E-state index contributed by atoms with van der Waals surface area (Å²) in [6.07, 6.45) is -1.84. The topological polar surface area (TPSA) is 89.6 Å². The summed E-state index contributed by atoms with van der Waals surface area (Å²) >= 11 is 3.21. The molecule has 1 aliphatic heterocycles. The van der Waals surface area contributed by atoms with Crippen LogP contribution in [0.15, 0.2) is 46.0 Å². The molecule has 0 aliphatic carbocycles. The van der Waals surface area contributed by atoms with E-state index in [4.69, 9.17) is 10.5 Å². The second-order valence-corrected chi connectivity index (χ2v) is 7.06. The maximum Gasteiger partial charge on any atom is 0.274 e. The zero-order valence-corrected chi connectivity index (χ0v) is 16.0. The van der Waals surface area contributed by atoms with Crippen LogP contribution in [0.2, 0.25) is 0 Å². The lowest BCUT2D eigenvalue weighted by atomic mass is 9.87. The fraction of sp³-hybridized carbons (Fsp3) is 0.278. The molecule has 1 aromatic heterocycles. The number of nitrogens with two attached hydrogens (primary N) is 1. The lowest BCUT2D eigenvalue weighted by Gasteiger charge is -2.29. The van der Waals surface area contributed by atoms with Gasteiger partial charge >= 0.3 is 0 Å². The van der Waals surface area contributed by atoms with Gasteiger partial charge in [0.05, 0.1) is 6.61 Å². The lowest BCUT2D eigenvalue weighted by Crippen LogP contribution is -2.36. The van der Waals surface area contributed by atoms with Gasteiger partial charge in [-0.3, -0.25) is 9.79 Å². The first-order chi connectivity index (χ1) is 13.3. The first kappa shape index (κ1) is 20.3. The van der Waals surface area contributed by atoms with Gasteiger partial charge in [0.25, 0.3) is 12.3 Å². The van der Waals surface area contributed by atoms with Crippen LogP contribution in [-0.2, 0) is 10.3 Å². The van der Waals surface area contributed by atoms with Gasteiger partial charge in [-0.2, -0.15) is 0 Å². The number of hydrogen-bond donors (Lipinski definition) is 2. The zero-order chi connectivity index (χ0) is 20.3. The molecule has 3 rings (SSSR count). The number of carbonyl (C=O) groups excluding carboxylic acids is 1. The van der Waals surface area contributed by atoms with Gasteiger partial charge in [0.1, 0.15) is 24.0 Å². The third kappa shape index (κ3) is 4.17. The molecule has 0 saturated heterocycles.